The van der Waals surface area contributed by atoms with Crippen LogP contribution < -0.4 is 0 Å². The standard InChI is InChI=1S/C7H8N4O3/c1-10-6(12)7(13,14)5(9-10)11-4-2-3-8-11/h2-4,13-14H,1H3. The first-order valence-electron chi connectivity index (χ1n) is 3.85. The zero-order chi connectivity index (χ0) is 10.3. The van der Waals surface area contributed by atoms with Crippen LogP contribution in [-0.2, 0) is 4.79 Å². The average molecular weight is 196 g/mol. The summed E-state index contributed by atoms with van der Waals surface area (Å²) < 4.78 is 1.13. The summed E-state index contributed by atoms with van der Waals surface area (Å²) in [6, 6.07) is 1.58. The summed E-state index contributed by atoms with van der Waals surface area (Å²) >= 11 is 0. The molecule has 0 saturated heterocycles. The Labute approximate surface area is 78.9 Å². The molecule has 0 spiro atoms. The number of carbonyl (C=O) groups excluding carboxylic acids is 1. The van der Waals surface area contributed by atoms with Crippen LogP contribution in [0.1, 0.15) is 0 Å². The van der Waals surface area contributed by atoms with Crippen molar-refractivity contribution < 1.29 is 15.0 Å². The van der Waals surface area contributed by atoms with Crippen LogP contribution in [0.25, 0.3) is 0 Å². The van der Waals surface area contributed by atoms with Crippen molar-refractivity contribution in [3.8, 4) is 0 Å². The Bertz CT molecular complexity index is 395. The molecule has 7 heteroatoms. The normalized spacial score (nSPS) is 20.1. The van der Waals surface area contributed by atoms with Crippen LogP contribution >= 0.6 is 0 Å². The quantitative estimate of drug-likeness (QED) is 0.479. The molecule has 74 valence electrons. The van der Waals surface area contributed by atoms with Gasteiger partial charge in [-0.05, 0) is 6.07 Å². The number of aromatic nitrogens is 2. The Morgan fingerprint density at radius 2 is 2.21 bits per heavy atom. The number of rotatable bonds is 0. The summed E-state index contributed by atoms with van der Waals surface area (Å²) in [5.41, 5.74) is 0. The number of hydrazone groups is 1. The van der Waals surface area contributed by atoms with E-state index in [1.54, 1.807) is 6.07 Å². The predicted octanol–water partition coefficient (Wildman–Crippen LogP) is -1.80. The van der Waals surface area contributed by atoms with Crippen LogP contribution in [0.4, 0.5) is 0 Å². The number of hydrogen-bond acceptors (Lipinski definition) is 5. The van der Waals surface area contributed by atoms with Gasteiger partial charge in [0.25, 0.3) is 0 Å². The summed E-state index contributed by atoms with van der Waals surface area (Å²) in [6.45, 7) is 0. The Hall–Kier alpha value is -1.73. The first-order chi connectivity index (χ1) is 6.53. The van der Waals surface area contributed by atoms with Gasteiger partial charge >= 0.3 is 11.7 Å². The van der Waals surface area contributed by atoms with Gasteiger partial charge in [0.2, 0.25) is 5.84 Å². The van der Waals surface area contributed by atoms with Crippen molar-refractivity contribution in [3.63, 3.8) is 0 Å². The van der Waals surface area contributed by atoms with E-state index >= 15 is 0 Å². The Balaban J connectivity index is 2.47. The summed E-state index contributed by atoms with van der Waals surface area (Å²) in [7, 11) is 1.33. The van der Waals surface area contributed by atoms with Gasteiger partial charge in [-0.25, -0.2) is 9.69 Å². The van der Waals surface area contributed by atoms with E-state index in [0.29, 0.717) is 0 Å². The molecule has 0 bridgehead atoms. The molecule has 0 aromatic carbocycles. The van der Waals surface area contributed by atoms with E-state index in [2.05, 4.69) is 10.2 Å². The van der Waals surface area contributed by atoms with Crippen molar-refractivity contribution in [2.75, 3.05) is 7.05 Å². The third-order valence-corrected chi connectivity index (χ3v) is 1.87. The van der Waals surface area contributed by atoms with Gasteiger partial charge in [-0.15, -0.1) is 5.10 Å². The molecule has 1 aliphatic rings. The highest BCUT2D eigenvalue weighted by Gasteiger charge is 2.49. The van der Waals surface area contributed by atoms with Crippen LogP contribution in [0, 0.1) is 0 Å². The van der Waals surface area contributed by atoms with Gasteiger partial charge < -0.3 is 10.2 Å². The highest BCUT2D eigenvalue weighted by molar-refractivity contribution is 6.12. The molecular formula is C7H8N4O3. The molecule has 0 fully saturated rings. The second kappa shape index (κ2) is 2.63. The van der Waals surface area contributed by atoms with Crippen LogP contribution in [0.5, 0.6) is 0 Å². The lowest BCUT2D eigenvalue weighted by Crippen LogP contribution is -2.48. The Kier molecular flexibility index (Phi) is 1.66. The van der Waals surface area contributed by atoms with Crippen molar-refractivity contribution in [3.05, 3.63) is 18.5 Å². The summed E-state index contributed by atoms with van der Waals surface area (Å²) in [5, 5.41) is 27.1. The Morgan fingerprint density at radius 3 is 2.64 bits per heavy atom. The summed E-state index contributed by atoms with van der Waals surface area (Å²) in [6.07, 6.45) is 2.91. The molecular weight excluding hydrogens is 188 g/mol. The fourth-order valence-electron chi connectivity index (χ4n) is 1.18. The lowest BCUT2D eigenvalue weighted by molar-refractivity contribution is -0.167. The minimum absolute atomic E-state index is 0.227. The zero-order valence-electron chi connectivity index (χ0n) is 7.32. The minimum Gasteiger partial charge on any atom is -0.352 e. The number of hydrogen-bond donors (Lipinski definition) is 2. The number of carbonyl (C=O) groups is 1. The van der Waals surface area contributed by atoms with E-state index in [1.165, 1.54) is 19.4 Å². The van der Waals surface area contributed by atoms with Gasteiger partial charge in [0.15, 0.2) is 0 Å². The van der Waals surface area contributed by atoms with Crippen LogP contribution in [0.15, 0.2) is 23.6 Å². The van der Waals surface area contributed by atoms with E-state index < -0.39 is 11.7 Å². The van der Waals surface area contributed by atoms with E-state index in [1.807, 2.05) is 0 Å². The van der Waals surface area contributed by atoms with Crippen LogP contribution in [-0.4, -0.2) is 49.6 Å². The molecule has 0 radical (unpaired) electrons. The second-order valence-corrected chi connectivity index (χ2v) is 2.88. The molecule has 0 saturated carbocycles. The van der Waals surface area contributed by atoms with Gasteiger partial charge in [0, 0.05) is 19.4 Å². The molecule has 2 N–H and O–H groups in total. The van der Waals surface area contributed by atoms with Gasteiger partial charge in [0.05, 0.1) is 0 Å². The first kappa shape index (κ1) is 8.85. The largest absolute Gasteiger partial charge is 0.352 e. The Morgan fingerprint density at radius 1 is 1.50 bits per heavy atom. The van der Waals surface area contributed by atoms with Crippen molar-refractivity contribution in [1.29, 1.82) is 0 Å². The lowest BCUT2D eigenvalue weighted by atomic mass is 10.2. The van der Waals surface area contributed by atoms with Gasteiger partial charge in [-0.2, -0.15) is 5.10 Å². The first-order valence-corrected chi connectivity index (χ1v) is 3.85. The molecule has 1 aromatic rings. The minimum atomic E-state index is -2.60. The van der Waals surface area contributed by atoms with E-state index in [0.717, 1.165) is 9.69 Å². The SMILES string of the molecule is CN1N=C(n2cccn2)C(O)(O)C1=O. The van der Waals surface area contributed by atoms with Crippen molar-refractivity contribution in [1.82, 2.24) is 14.8 Å². The van der Waals surface area contributed by atoms with E-state index in [9.17, 15) is 15.0 Å². The average Bonchev–Trinajstić information content (AvgIpc) is 2.69. The van der Waals surface area contributed by atoms with Crippen molar-refractivity contribution >= 4 is 11.7 Å². The molecule has 2 heterocycles. The molecule has 1 amide bonds. The van der Waals surface area contributed by atoms with Gasteiger partial charge in [0.1, 0.15) is 0 Å². The molecule has 1 aromatic heterocycles. The lowest BCUT2D eigenvalue weighted by Gasteiger charge is -2.14. The fourth-order valence-corrected chi connectivity index (χ4v) is 1.18. The molecule has 7 nitrogen and oxygen atoms in total. The molecule has 0 unspecified atom stereocenters. The topological polar surface area (TPSA) is 91.0 Å². The predicted molar refractivity (Wildman–Crippen MR) is 45.0 cm³/mol. The maximum atomic E-state index is 11.2. The smallest absolute Gasteiger partial charge is 0.311 e. The third-order valence-electron chi connectivity index (χ3n) is 1.87. The third kappa shape index (κ3) is 1.03. The highest BCUT2D eigenvalue weighted by Crippen LogP contribution is 2.16. The van der Waals surface area contributed by atoms with Crippen molar-refractivity contribution in [2.45, 2.75) is 5.79 Å². The van der Waals surface area contributed by atoms with Crippen LogP contribution in [0.2, 0.25) is 0 Å². The summed E-state index contributed by atoms with van der Waals surface area (Å²) in [5.74, 6) is -3.72. The zero-order valence-corrected chi connectivity index (χ0v) is 7.32. The molecule has 2 rings (SSSR count). The maximum absolute atomic E-state index is 11.2. The number of aliphatic hydroxyl groups is 2. The van der Waals surface area contributed by atoms with Gasteiger partial charge in [-0.3, -0.25) is 4.79 Å². The maximum Gasteiger partial charge on any atom is 0.311 e. The summed E-state index contributed by atoms with van der Waals surface area (Å²) in [4.78, 5) is 11.2. The second-order valence-electron chi connectivity index (χ2n) is 2.88. The highest BCUT2D eigenvalue weighted by atomic mass is 16.5. The molecule has 0 atom stereocenters. The fraction of sp³-hybridized carbons (Fsp3) is 0.286. The number of nitrogens with zero attached hydrogens (tertiary/aromatic N) is 4. The van der Waals surface area contributed by atoms with Gasteiger partial charge in [-0.1, -0.05) is 0 Å². The van der Waals surface area contributed by atoms with Crippen molar-refractivity contribution in [2.24, 2.45) is 5.10 Å². The number of amides is 1. The van der Waals surface area contributed by atoms with E-state index in [-0.39, 0.29) is 5.84 Å². The molecule has 14 heavy (non-hydrogen) atoms. The number of likely N-dealkylation sites (N-methyl/N-ethyl adjacent to an activating group) is 1. The monoisotopic (exact) mass is 196 g/mol. The molecule has 1 aliphatic heterocycles. The molecule has 0 aliphatic carbocycles. The van der Waals surface area contributed by atoms with E-state index in [4.69, 9.17) is 0 Å². The van der Waals surface area contributed by atoms with Crippen LogP contribution in [0.3, 0.4) is 0 Å².